The summed E-state index contributed by atoms with van der Waals surface area (Å²) in [5.74, 6) is 0. The van der Waals surface area contributed by atoms with Crippen LogP contribution in [0.5, 0.6) is 0 Å². The largest absolute Gasteiger partial charge is 0.443 e. The van der Waals surface area contributed by atoms with Gasteiger partial charge in [-0.3, -0.25) is 4.79 Å². The van der Waals surface area contributed by atoms with Gasteiger partial charge in [-0.25, -0.2) is 10.2 Å². The number of aromatic nitrogens is 3. The first-order valence-corrected chi connectivity index (χ1v) is 5.70. The van der Waals surface area contributed by atoms with Crippen molar-refractivity contribution in [2.24, 2.45) is 0 Å². The molecule has 1 N–H and O–H groups in total. The van der Waals surface area contributed by atoms with E-state index in [0.29, 0.717) is 22.9 Å². The summed E-state index contributed by atoms with van der Waals surface area (Å²) in [7, 11) is 0. The van der Waals surface area contributed by atoms with Crippen LogP contribution in [-0.4, -0.2) is 33.1 Å². The molecule has 0 saturated heterocycles. The molecule has 0 radical (unpaired) electrons. The molecule has 7 nitrogen and oxygen atoms in total. The molecule has 1 aromatic carbocycles. The fraction of sp³-hybridized carbons (Fsp3) is 0.333. The minimum atomic E-state index is -0.667. The minimum absolute atomic E-state index is 0.388. The minimum Gasteiger partial charge on any atom is -0.443 e. The lowest BCUT2D eigenvalue weighted by molar-refractivity contribution is 0.0610. The zero-order valence-corrected chi connectivity index (χ0v) is 10.9. The number of benzene rings is 1. The molecule has 0 atom stereocenters. The number of nitrogens with zero attached hydrogens (tertiary/aromatic N) is 3. The third-order valence-corrected chi connectivity index (χ3v) is 2.22. The Bertz CT molecular complexity index is 627. The summed E-state index contributed by atoms with van der Waals surface area (Å²) in [4.78, 5) is 23.8. The summed E-state index contributed by atoms with van der Waals surface area (Å²) >= 11 is 0. The van der Waals surface area contributed by atoms with Gasteiger partial charge < -0.3 is 4.74 Å². The summed E-state index contributed by atoms with van der Waals surface area (Å²) < 4.78 is 5.11. The molecule has 100 valence electrons. The predicted molar refractivity (Wildman–Crippen MR) is 68.5 cm³/mol. The maximum absolute atomic E-state index is 11.7. The molecular weight excluding hydrogens is 248 g/mol. The van der Waals surface area contributed by atoms with Crippen molar-refractivity contribution in [3.63, 3.8) is 0 Å². The Morgan fingerprint density at radius 2 is 2.16 bits per heavy atom. The molecule has 0 bridgehead atoms. The van der Waals surface area contributed by atoms with Crippen LogP contribution in [0.15, 0.2) is 18.2 Å². The quantitative estimate of drug-likeness (QED) is 0.833. The number of amides is 1. The van der Waals surface area contributed by atoms with E-state index in [9.17, 15) is 9.59 Å². The highest BCUT2D eigenvalue weighted by atomic mass is 16.6. The van der Waals surface area contributed by atoms with Crippen LogP contribution in [0.1, 0.15) is 31.1 Å². The Labute approximate surface area is 109 Å². The van der Waals surface area contributed by atoms with E-state index < -0.39 is 11.7 Å². The first-order chi connectivity index (χ1) is 8.90. The number of aldehydes is 1. The Hall–Kier alpha value is -2.44. The van der Waals surface area contributed by atoms with E-state index in [0.717, 1.165) is 4.79 Å². The first kappa shape index (κ1) is 13.0. The molecule has 2 aromatic rings. The van der Waals surface area contributed by atoms with Crippen molar-refractivity contribution in [3.05, 3.63) is 23.8 Å². The third-order valence-electron chi connectivity index (χ3n) is 2.22. The number of carbonyl (C=O) groups is 2. The molecule has 0 spiro atoms. The van der Waals surface area contributed by atoms with Crippen LogP contribution < -0.4 is 5.43 Å². The highest BCUT2D eigenvalue weighted by Gasteiger charge is 2.18. The van der Waals surface area contributed by atoms with Crippen LogP contribution in [0.4, 0.5) is 4.79 Å². The van der Waals surface area contributed by atoms with E-state index in [-0.39, 0.29) is 0 Å². The SMILES string of the molecule is CC(C)(C)OC(=O)Nn1nnc2cccc(C=O)c21. The summed E-state index contributed by atoms with van der Waals surface area (Å²) in [5.41, 5.74) is 3.14. The zero-order valence-electron chi connectivity index (χ0n) is 10.9. The summed E-state index contributed by atoms with van der Waals surface area (Å²) in [6, 6.07) is 5.01. The number of hydrogen-bond acceptors (Lipinski definition) is 5. The molecule has 1 aromatic heterocycles. The van der Waals surface area contributed by atoms with E-state index in [2.05, 4.69) is 15.7 Å². The van der Waals surface area contributed by atoms with Crippen LogP contribution in [-0.2, 0) is 4.74 Å². The summed E-state index contributed by atoms with van der Waals surface area (Å²) in [5, 5.41) is 7.63. The third kappa shape index (κ3) is 2.87. The van der Waals surface area contributed by atoms with Crippen LogP contribution in [0, 0.1) is 0 Å². The van der Waals surface area contributed by atoms with Crippen molar-refractivity contribution in [2.75, 3.05) is 5.43 Å². The Morgan fingerprint density at radius 1 is 1.42 bits per heavy atom. The molecule has 0 fully saturated rings. The van der Waals surface area contributed by atoms with Crippen molar-refractivity contribution >= 4 is 23.4 Å². The van der Waals surface area contributed by atoms with Gasteiger partial charge >= 0.3 is 6.09 Å². The lowest BCUT2D eigenvalue weighted by atomic mass is 10.2. The highest BCUT2D eigenvalue weighted by molar-refractivity contribution is 5.95. The molecule has 1 heterocycles. The van der Waals surface area contributed by atoms with Crippen LogP contribution >= 0.6 is 0 Å². The van der Waals surface area contributed by atoms with Crippen LogP contribution in [0.3, 0.4) is 0 Å². The number of nitrogens with one attached hydrogen (secondary N) is 1. The first-order valence-electron chi connectivity index (χ1n) is 5.70. The molecule has 0 aliphatic heterocycles. The van der Waals surface area contributed by atoms with E-state index >= 15 is 0 Å². The van der Waals surface area contributed by atoms with Gasteiger partial charge in [0.15, 0.2) is 6.29 Å². The van der Waals surface area contributed by atoms with Gasteiger partial charge in [-0.2, -0.15) is 0 Å². The average molecular weight is 262 g/mol. The molecule has 2 rings (SSSR count). The normalized spacial score (nSPS) is 11.3. The second kappa shape index (κ2) is 4.68. The van der Waals surface area contributed by atoms with Gasteiger partial charge in [-0.1, -0.05) is 6.07 Å². The topological polar surface area (TPSA) is 86.1 Å². The standard InChI is InChI=1S/C12H14N4O3/c1-12(2,3)19-11(18)14-16-10-8(7-17)5-4-6-9(10)13-15-16/h4-7H,1-3H3,(H,14,18). The maximum atomic E-state index is 11.7. The number of ether oxygens (including phenoxy) is 1. The van der Waals surface area contributed by atoms with Crippen molar-refractivity contribution < 1.29 is 14.3 Å². The van der Waals surface area contributed by atoms with E-state index in [4.69, 9.17) is 4.74 Å². The molecule has 7 heteroatoms. The Morgan fingerprint density at radius 3 is 2.79 bits per heavy atom. The number of carbonyl (C=O) groups excluding carboxylic acids is 2. The second-order valence-electron chi connectivity index (χ2n) is 4.95. The Balaban J connectivity index is 2.31. The van der Waals surface area contributed by atoms with Gasteiger partial charge in [0.25, 0.3) is 0 Å². The fourth-order valence-electron chi connectivity index (χ4n) is 1.56. The lowest BCUT2D eigenvalue weighted by Crippen LogP contribution is -2.32. The molecular formula is C12H14N4O3. The molecule has 0 aliphatic carbocycles. The highest BCUT2D eigenvalue weighted by Crippen LogP contribution is 2.14. The van der Waals surface area contributed by atoms with Gasteiger partial charge in [0.05, 0.1) is 0 Å². The van der Waals surface area contributed by atoms with Gasteiger partial charge in [-0.05, 0) is 38.1 Å². The Kier molecular flexibility index (Phi) is 3.20. The average Bonchev–Trinajstić information content (AvgIpc) is 2.70. The van der Waals surface area contributed by atoms with Crippen molar-refractivity contribution in [3.8, 4) is 0 Å². The van der Waals surface area contributed by atoms with Crippen LogP contribution in [0.25, 0.3) is 11.0 Å². The molecule has 1 amide bonds. The molecule has 0 unspecified atom stereocenters. The zero-order chi connectivity index (χ0) is 14.0. The van der Waals surface area contributed by atoms with Gasteiger partial charge in [0.1, 0.15) is 16.6 Å². The van der Waals surface area contributed by atoms with Crippen molar-refractivity contribution in [1.29, 1.82) is 0 Å². The fourth-order valence-corrected chi connectivity index (χ4v) is 1.56. The summed E-state index contributed by atoms with van der Waals surface area (Å²) in [6.45, 7) is 5.26. The maximum Gasteiger partial charge on any atom is 0.428 e. The predicted octanol–water partition coefficient (Wildman–Crippen LogP) is 1.72. The van der Waals surface area contributed by atoms with Crippen molar-refractivity contribution in [2.45, 2.75) is 26.4 Å². The van der Waals surface area contributed by atoms with Gasteiger partial charge in [0.2, 0.25) is 0 Å². The molecule has 0 saturated carbocycles. The second-order valence-corrected chi connectivity index (χ2v) is 4.95. The number of fused-ring (bicyclic) bond motifs is 1. The van der Waals surface area contributed by atoms with Gasteiger partial charge in [-0.15, -0.1) is 9.89 Å². The molecule has 19 heavy (non-hydrogen) atoms. The van der Waals surface area contributed by atoms with Crippen LogP contribution in [0.2, 0.25) is 0 Å². The number of rotatable bonds is 2. The number of hydrogen-bond donors (Lipinski definition) is 1. The summed E-state index contributed by atoms with van der Waals surface area (Å²) in [6.07, 6.45) is 0.0129. The van der Waals surface area contributed by atoms with Crippen molar-refractivity contribution in [1.82, 2.24) is 15.1 Å². The smallest absolute Gasteiger partial charge is 0.428 e. The van der Waals surface area contributed by atoms with E-state index in [1.54, 1.807) is 39.0 Å². The van der Waals surface area contributed by atoms with E-state index in [1.165, 1.54) is 0 Å². The van der Waals surface area contributed by atoms with Gasteiger partial charge in [0, 0.05) is 5.56 Å². The number of para-hydroxylation sites is 1. The molecule has 0 aliphatic rings. The lowest BCUT2D eigenvalue weighted by Gasteiger charge is -2.19. The van der Waals surface area contributed by atoms with E-state index in [1.807, 2.05) is 0 Å². The monoisotopic (exact) mass is 262 g/mol.